The molecule has 1 aromatic rings. The van der Waals surface area contributed by atoms with Crippen LogP contribution in [0.15, 0.2) is 18.2 Å². The quantitative estimate of drug-likeness (QED) is 0.791. The Bertz CT molecular complexity index is 768. The number of alkyl halides is 3. The molecule has 2 aliphatic rings. The Morgan fingerprint density at radius 2 is 1.79 bits per heavy atom. The minimum absolute atomic E-state index is 0.0999. The highest BCUT2D eigenvalue weighted by atomic mass is 19.4. The molecule has 1 aliphatic carbocycles. The number of likely N-dealkylation sites (tertiary alicyclic amines) is 1. The van der Waals surface area contributed by atoms with Gasteiger partial charge in [-0.25, -0.2) is 4.39 Å². The number of methoxy groups -OCH3 is 1. The molecule has 2 amide bonds. The molecule has 28 heavy (non-hydrogen) atoms. The first-order chi connectivity index (χ1) is 13.1. The molecule has 0 bridgehead atoms. The summed E-state index contributed by atoms with van der Waals surface area (Å²) in [6.45, 7) is 2.15. The van der Waals surface area contributed by atoms with E-state index in [2.05, 4.69) is 5.32 Å². The van der Waals surface area contributed by atoms with Crippen molar-refractivity contribution < 1.29 is 31.9 Å². The third-order valence-electron chi connectivity index (χ3n) is 5.57. The molecule has 1 N–H and O–H groups in total. The lowest BCUT2D eigenvalue weighted by molar-refractivity contribution is -0.137. The summed E-state index contributed by atoms with van der Waals surface area (Å²) < 4.78 is 57.9. The Hall–Kier alpha value is -2.16. The number of rotatable bonds is 3. The molecular formula is C19H22F4N2O3. The Morgan fingerprint density at radius 1 is 1.14 bits per heavy atom. The molecular weight excluding hydrogens is 380 g/mol. The van der Waals surface area contributed by atoms with Crippen molar-refractivity contribution in [3.63, 3.8) is 0 Å². The Labute approximate surface area is 160 Å². The predicted molar refractivity (Wildman–Crippen MR) is 91.9 cm³/mol. The lowest BCUT2D eigenvalue weighted by Gasteiger charge is -2.37. The first-order valence-electron chi connectivity index (χ1n) is 9.05. The third kappa shape index (κ3) is 4.29. The van der Waals surface area contributed by atoms with Crippen LogP contribution in [0.5, 0.6) is 0 Å². The van der Waals surface area contributed by atoms with E-state index in [1.807, 2.05) is 0 Å². The van der Waals surface area contributed by atoms with Crippen LogP contribution in [0.2, 0.25) is 0 Å². The summed E-state index contributed by atoms with van der Waals surface area (Å²) in [6, 6.07) is 1.72. The largest absolute Gasteiger partial charge is 0.416 e. The summed E-state index contributed by atoms with van der Waals surface area (Å²) in [5.41, 5.74) is -1.50. The molecule has 0 spiro atoms. The summed E-state index contributed by atoms with van der Waals surface area (Å²) in [6.07, 6.45) is -3.67. The number of nitrogens with zero attached hydrogens (tertiary/aromatic N) is 1. The smallest absolute Gasteiger partial charge is 0.379 e. The first-order valence-corrected chi connectivity index (χ1v) is 9.05. The predicted octanol–water partition coefficient (Wildman–Crippen LogP) is 2.85. The highest BCUT2D eigenvalue weighted by Gasteiger charge is 2.44. The second-order valence-electron chi connectivity index (χ2n) is 7.51. The Balaban J connectivity index is 1.76. The molecule has 0 radical (unpaired) electrons. The molecule has 4 atom stereocenters. The molecule has 1 saturated carbocycles. The van der Waals surface area contributed by atoms with Crippen molar-refractivity contribution in [3.05, 3.63) is 35.1 Å². The van der Waals surface area contributed by atoms with Crippen LogP contribution in [0.4, 0.5) is 17.6 Å². The van der Waals surface area contributed by atoms with Gasteiger partial charge in [-0.05, 0) is 42.9 Å². The lowest BCUT2D eigenvalue weighted by Crippen LogP contribution is -2.49. The number of ether oxygens (including phenoxy) is 1. The van der Waals surface area contributed by atoms with Crippen LogP contribution >= 0.6 is 0 Å². The number of hydrogen-bond donors (Lipinski definition) is 1. The van der Waals surface area contributed by atoms with Crippen molar-refractivity contribution in [3.8, 4) is 0 Å². The van der Waals surface area contributed by atoms with E-state index >= 15 is 0 Å². The number of nitrogens with one attached hydrogen (secondary N) is 1. The molecule has 1 aliphatic heterocycles. The van der Waals surface area contributed by atoms with Gasteiger partial charge in [-0.2, -0.15) is 13.2 Å². The fourth-order valence-electron chi connectivity index (χ4n) is 4.31. The molecule has 5 nitrogen and oxygen atoms in total. The molecule has 154 valence electrons. The van der Waals surface area contributed by atoms with Gasteiger partial charge in [0, 0.05) is 32.7 Å². The molecule has 0 aromatic heterocycles. The van der Waals surface area contributed by atoms with Gasteiger partial charge < -0.3 is 15.0 Å². The van der Waals surface area contributed by atoms with Gasteiger partial charge in [-0.1, -0.05) is 0 Å². The van der Waals surface area contributed by atoms with Crippen molar-refractivity contribution in [1.29, 1.82) is 0 Å². The summed E-state index contributed by atoms with van der Waals surface area (Å²) >= 11 is 0. The molecule has 9 heteroatoms. The monoisotopic (exact) mass is 402 g/mol. The zero-order valence-corrected chi connectivity index (χ0v) is 15.6. The van der Waals surface area contributed by atoms with Crippen molar-refractivity contribution in [2.24, 2.45) is 11.8 Å². The number of benzene rings is 1. The number of carbonyl (C=O) groups excluding carboxylic acids is 2. The van der Waals surface area contributed by atoms with Crippen LogP contribution in [-0.2, 0) is 15.7 Å². The second kappa shape index (κ2) is 7.69. The second-order valence-corrected chi connectivity index (χ2v) is 7.51. The van der Waals surface area contributed by atoms with Gasteiger partial charge in [0.25, 0.3) is 5.91 Å². The topological polar surface area (TPSA) is 58.6 Å². The molecule has 1 heterocycles. The number of carbonyl (C=O) groups is 2. The minimum atomic E-state index is -4.73. The summed E-state index contributed by atoms with van der Waals surface area (Å²) in [4.78, 5) is 25.6. The van der Waals surface area contributed by atoms with Crippen LogP contribution in [0.25, 0.3) is 0 Å². The van der Waals surface area contributed by atoms with Crippen molar-refractivity contribution in [2.45, 2.75) is 38.1 Å². The number of hydrogen-bond acceptors (Lipinski definition) is 3. The van der Waals surface area contributed by atoms with Crippen LogP contribution in [0, 0.1) is 17.7 Å². The van der Waals surface area contributed by atoms with Gasteiger partial charge >= 0.3 is 6.18 Å². The van der Waals surface area contributed by atoms with Crippen LogP contribution in [0.1, 0.15) is 35.7 Å². The number of halogens is 4. The van der Waals surface area contributed by atoms with Crippen LogP contribution in [0.3, 0.4) is 0 Å². The molecule has 3 rings (SSSR count). The number of fused-ring (bicyclic) bond motifs is 1. The number of amides is 2. The fourth-order valence-corrected chi connectivity index (χ4v) is 4.31. The van der Waals surface area contributed by atoms with E-state index in [0.717, 1.165) is 6.07 Å². The fraction of sp³-hybridized carbons (Fsp3) is 0.579. The molecule has 1 aromatic carbocycles. The van der Waals surface area contributed by atoms with Crippen molar-refractivity contribution >= 4 is 11.8 Å². The van der Waals surface area contributed by atoms with Gasteiger partial charge in [-0.15, -0.1) is 0 Å². The SMILES string of the molecule is CO[C@@H]1C[C@H]2CN(C(=O)c3cc(F)cc(C(F)(F)F)c3)C[C@H]2C[C@H]1NC(C)=O. The van der Waals surface area contributed by atoms with Crippen LogP contribution in [-0.4, -0.2) is 49.1 Å². The van der Waals surface area contributed by atoms with Gasteiger partial charge in [0.05, 0.1) is 17.7 Å². The highest BCUT2D eigenvalue weighted by molar-refractivity contribution is 5.94. The van der Waals surface area contributed by atoms with Crippen LogP contribution < -0.4 is 5.32 Å². The minimum Gasteiger partial charge on any atom is -0.379 e. The zero-order chi connectivity index (χ0) is 20.6. The first kappa shape index (κ1) is 20.6. The summed E-state index contributed by atoms with van der Waals surface area (Å²) in [5.74, 6) is -1.67. The average Bonchev–Trinajstić information content (AvgIpc) is 3.01. The third-order valence-corrected chi connectivity index (χ3v) is 5.57. The Morgan fingerprint density at radius 3 is 2.36 bits per heavy atom. The van der Waals surface area contributed by atoms with Gasteiger partial charge in [0.1, 0.15) is 5.82 Å². The maximum absolute atomic E-state index is 13.6. The molecule has 1 saturated heterocycles. The van der Waals surface area contributed by atoms with Crippen molar-refractivity contribution in [2.75, 3.05) is 20.2 Å². The van der Waals surface area contributed by atoms with Gasteiger partial charge in [0.2, 0.25) is 5.91 Å². The highest BCUT2D eigenvalue weighted by Crippen LogP contribution is 2.38. The van der Waals surface area contributed by atoms with E-state index in [1.54, 1.807) is 7.11 Å². The maximum atomic E-state index is 13.6. The van der Waals surface area contributed by atoms with E-state index in [1.165, 1.54) is 11.8 Å². The summed E-state index contributed by atoms with van der Waals surface area (Å²) in [7, 11) is 1.56. The Kier molecular flexibility index (Phi) is 5.65. The van der Waals surface area contributed by atoms with E-state index in [9.17, 15) is 27.2 Å². The lowest BCUT2D eigenvalue weighted by atomic mass is 9.77. The standard InChI is InChI=1S/C19H22F4N2O3/c1-10(26)24-16-5-12-8-25(9-13(12)6-17(16)28-2)18(27)11-3-14(19(21,22)23)7-15(20)4-11/h3-4,7,12-13,16-17H,5-6,8-9H2,1-2H3,(H,24,26)/t12-,13+,16-,17-/m1/s1. The normalized spacial score (nSPS) is 27.4. The van der Waals surface area contributed by atoms with Gasteiger partial charge in [0.15, 0.2) is 0 Å². The van der Waals surface area contributed by atoms with Gasteiger partial charge in [-0.3, -0.25) is 9.59 Å². The van der Waals surface area contributed by atoms with E-state index in [-0.39, 0.29) is 35.5 Å². The maximum Gasteiger partial charge on any atom is 0.416 e. The molecule has 0 unspecified atom stereocenters. The summed E-state index contributed by atoms with van der Waals surface area (Å²) in [5, 5.41) is 2.86. The van der Waals surface area contributed by atoms with Crippen molar-refractivity contribution in [1.82, 2.24) is 10.2 Å². The zero-order valence-electron chi connectivity index (χ0n) is 15.6. The molecule has 2 fully saturated rings. The van der Waals surface area contributed by atoms with E-state index in [0.29, 0.717) is 38.1 Å². The van der Waals surface area contributed by atoms with E-state index < -0.39 is 23.5 Å². The van der Waals surface area contributed by atoms with E-state index in [4.69, 9.17) is 4.74 Å². The average molecular weight is 402 g/mol.